The molecule has 2 rings (SSSR count). The predicted molar refractivity (Wildman–Crippen MR) is 73.5 cm³/mol. The van der Waals surface area contributed by atoms with E-state index in [2.05, 4.69) is 4.98 Å². The highest BCUT2D eigenvalue weighted by Gasteiger charge is 2.11. The van der Waals surface area contributed by atoms with Crippen molar-refractivity contribution in [1.29, 1.82) is 0 Å². The molecule has 92 valence electrons. The number of nitrogens with zero attached hydrogens (tertiary/aromatic N) is 1. The average molecular weight is 280 g/mol. The third-order valence-corrected chi connectivity index (χ3v) is 3.07. The molecule has 4 heteroatoms. The molecule has 0 aliphatic carbocycles. The lowest BCUT2D eigenvalue weighted by molar-refractivity contribution is 0.0991. The lowest BCUT2D eigenvalue weighted by atomic mass is 10.0. The van der Waals surface area contributed by atoms with E-state index in [0.29, 0.717) is 15.6 Å². The summed E-state index contributed by atoms with van der Waals surface area (Å²) >= 11 is 11.8. The first-order chi connectivity index (χ1) is 8.56. The van der Waals surface area contributed by atoms with E-state index in [-0.39, 0.29) is 12.2 Å². The minimum atomic E-state index is -0.0406. The van der Waals surface area contributed by atoms with Gasteiger partial charge in [0.1, 0.15) is 0 Å². The molecule has 0 saturated heterocycles. The van der Waals surface area contributed by atoms with Crippen molar-refractivity contribution in [1.82, 2.24) is 4.98 Å². The molecule has 0 amide bonds. The monoisotopic (exact) mass is 279 g/mol. The predicted octanol–water partition coefficient (Wildman–Crippen LogP) is 4.12. The Hall–Kier alpha value is -1.38. The number of benzene rings is 1. The van der Waals surface area contributed by atoms with Gasteiger partial charge in [0.2, 0.25) is 0 Å². The summed E-state index contributed by atoms with van der Waals surface area (Å²) < 4.78 is 0. The molecule has 0 saturated carbocycles. The molecule has 2 nitrogen and oxygen atoms in total. The van der Waals surface area contributed by atoms with Crippen LogP contribution in [-0.4, -0.2) is 10.8 Å². The van der Waals surface area contributed by atoms with E-state index in [1.807, 2.05) is 19.1 Å². The van der Waals surface area contributed by atoms with Crippen LogP contribution in [0.25, 0.3) is 0 Å². The van der Waals surface area contributed by atoms with E-state index in [1.54, 1.807) is 24.4 Å². The van der Waals surface area contributed by atoms with Gasteiger partial charge in [-0.15, -0.1) is 0 Å². The molecule has 1 aromatic carbocycles. The average Bonchev–Trinajstić information content (AvgIpc) is 2.31. The lowest BCUT2D eigenvalue weighted by Gasteiger charge is -2.05. The Balaban J connectivity index is 2.25. The summed E-state index contributed by atoms with van der Waals surface area (Å²) in [7, 11) is 0. The molecule has 0 aliphatic rings. The maximum atomic E-state index is 12.1. The number of carbonyl (C=O) groups excluding carboxylic acids is 1. The van der Waals surface area contributed by atoms with Crippen LogP contribution in [0.5, 0.6) is 0 Å². The third-order valence-electron chi connectivity index (χ3n) is 2.63. The quantitative estimate of drug-likeness (QED) is 0.791. The standard InChI is InChI=1S/C14H11Cl2NO/c1-9-3-2-4-17-13(9)8-14(18)10-5-11(15)7-12(16)6-10/h2-7H,8H2,1H3. The van der Waals surface area contributed by atoms with Crippen LogP contribution in [0.3, 0.4) is 0 Å². The van der Waals surface area contributed by atoms with Crippen LogP contribution in [0.2, 0.25) is 10.0 Å². The van der Waals surface area contributed by atoms with E-state index in [9.17, 15) is 4.79 Å². The molecule has 0 N–H and O–H groups in total. The fourth-order valence-corrected chi connectivity index (χ4v) is 2.20. The van der Waals surface area contributed by atoms with Crippen molar-refractivity contribution in [3.8, 4) is 0 Å². The Morgan fingerprint density at radius 3 is 2.50 bits per heavy atom. The first-order valence-corrected chi connectivity index (χ1v) is 6.21. The molecular weight excluding hydrogens is 269 g/mol. The molecule has 0 radical (unpaired) electrons. The molecule has 0 spiro atoms. The minimum absolute atomic E-state index is 0.0406. The van der Waals surface area contributed by atoms with Crippen LogP contribution in [0.1, 0.15) is 21.6 Å². The number of pyridine rings is 1. The van der Waals surface area contributed by atoms with E-state index in [0.717, 1.165) is 11.3 Å². The number of rotatable bonds is 3. The molecule has 0 unspecified atom stereocenters. The van der Waals surface area contributed by atoms with Crippen LogP contribution in [0.15, 0.2) is 36.5 Å². The number of ketones is 1. The van der Waals surface area contributed by atoms with Crippen molar-refractivity contribution in [2.75, 3.05) is 0 Å². The van der Waals surface area contributed by atoms with Gasteiger partial charge in [0.15, 0.2) is 5.78 Å². The maximum absolute atomic E-state index is 12.1. The normalized spacial score (nSPS) is 10.4. The van der Waals surface area contributed by atoms with Crippen molar-refractivity contribution >= 4 is 29.0 Å². The molecule has 1 aromatic heterocycles. The Morgan fingerprint density at radius 2 is 1.89 bits per heavy atom. The van der Waals surface area contributed by atoms with Crippen molar-refractivity contribution in [2.45, 2.75) is 13.3 Å². The molecule has 2 aromatic rings. The summed E-state index contributed by atoms with van der Waals surface area (Å²) in [4.78, 5) is 16.3. The summed E-state index contributed by atoms with van der Waals surface area (Å²) in [6.07, 6.45) is 1.93. The first-order valence-electron chi connectivity index (χ1n) is 5.46. The Kier molecular flexibility index (Phi) is 4.00. The Labute approximate surface area is 116 Å². The molecule has 0 aliphatic heterocycles. The van der Waals surface area contributed by atoms with Gasteiger partial charge in [-0.25, -0.2) is 0 Å². The van der Waals surface area contributed by atoms with Gasteiger partial charge in [-0.1, -0.05) is 29.3 Å². The summed E-state index contributed by atoms with van der Waals surface area (Å²) in [5, 5.41) is 0.923. The van der Waals surface area contributed by atoms with E-state index in [4.69, 9.17) is 23.2 Å². The Bertz CT molecular complexity index is 576. The zero-order valence-electron chi connectivity index (χ0n) is 9.78. The van der Waals surface area contributed by atoms with Gasteiger partial charge in [0.25, 0.3) is 0 Å². The van der Waals surface area contributed by atoms with Crippen LogP contribution in [-0.2, 0) is 6.42 Å². The number of hydrogen-bond donors (Lipinski definition) is 0. The van der Waals surface area contributed by atoms with Gasteiger partial charge >= 0.3 is 0 Å². The van der Waals surface area contributed by atoms with Gasteiger partial charge in [-0.2, -0.15) is 0 Å². The second-order valence-electron chi connectivity index (χ2n) is 4.03. The highest BCUT2D eigenvalue weighted by Crippen LogP contribution is 2.20. The van der Waals surface area contributed by atoms with E-state index < -0.39 is 0 Å². The second kappa shape index (κ2) is 5.51. The molecule has 0 atom stereocenters. The number of Topliss-reactive ketones (excluding diaryl/α,β-unsaturated/α-hetero) is 1. The molecule has 0 bridgehead atoms. The SMILES string of the molecule is Cc1cccnc1CC(=O)c1cc(Cl)cc(Cl)c1. The van der Waals surface area contributed by atoms with E-state index in [1.165, 1.54) is 0 Å². The number of aryl methyl sites for hydroxylation is 1. The molecule has 1 heterocycles. The van der Waals surface area contributed by atoms with Crippen LogP contribution in [0, 0.1) is 6.92 Å². The third kappa shape index (κ3) is 3.09. The minimum Gasteiger partial charge on any atom is -0.294 e. The zero-order chi connectivity index (χ0) is 13.1. The van der Waals surface area contributed by atoms with Gasteiger partial charge < -0.3 is 0 Å². The highest BCUT2D eigenvalue weighted by atomic mass is 35.5. The summed E-state index contributed by atoms with van der Waals surface area (Å²) in [6, 6.07) is 8.62. The van der Waals surface area contributed by atoms with Crippen molar-refractivity contribution in [3.63, 3.8) is 0 Å². The van der Waals surface area contributed by atoms with Crippen molar-refractivity contribution in [2.24, 2.45) is 0 Å². The topological polar surface area (TPSA) is 30.0 Å². The van der Waals surface area contributed by atoms with Crippen LogP contribution >= 0.6 is 23.2 Å². The summed E-state index contributed by atoms with van der Waals surface area (Å²) in [5.74, 6) is -0.0406. The zero-order valence-corrected chi connectivity index (χ0v) is 11.3. The Morgan fingerprint density at radius 1 is 1.22 bits per heavy atom. The molecule has 18 heavy (non-hydrogen) atoms. The molecule has 0 fully saturated rings. The number of hydrogen-bond acceptors (Lipinski definition) is 2. The van der Waals surface area contributed by atoms with Gasteiger partial charge in [0.05, 0.1) is 12.1 Å². The number of carbonyl (C=O) groups is 1. The van der Waals surface area contributed by atoms with Gasteiger partial charge in [-0.05, 0) is 36.8 Å². The summed E-state index contributed by atoms with van der Waals surface area (Å²) in [5.41, 5.74) is 2.29. The van der Waals surface area contributed by atoms with Crippen molar-refractivity contribution < 1.29 is 4.79 Å². The van der Waals surface area contributed by atoms with Crippen molar-refractivity contribution in [3.05, 3.63) is 63.4 Å². The summed E-state index contributed by atoms with van der Waals surface area (Å²) in [6.45, 7) is 1.93. The van der Waals surface area contributed by atoms with Crippen LogP contribution in [0.4, 0.5) is 0 Å². The number of halogens is 2. The first kappa shape index (κ1) is 13.1. The number of aromatic nitrogens is 1. The lowest BCUT2D eigenvalue weighted by Crippen LogP contribution is -2.06. The largest absolute Gasteiger partial charge is 0.294 e. The van der Waals surface area contributed by atoms with E-state index >= 15 is 0 Å². The maximum Gasteiger partial charge on any atom is 0.168 e. The highest BCUT2D eigenvalue weighted by molar-refractivity contribution is 6.35. The van der Waals surface area contributed by atoms with Crippen LogP contribution < -0.4 is 0 Å². The molecular formula is C14H11Cl2NO. The fourth-order valence-electron chi connectivity index (χ4n) is 1.67. The second-order valence-corrected chi connectivity index (χ2v) is 4.90. The van der Waals surface area contributed by atoms with Gasteiger partial charge in [-0.3, -0.25) is 9.78 Å². The smallest absolute Gasteiger partial charge is 0.168 e. The fraction of sp³-hybridized carbons (Fsp3) is 0.143. The van der Waals surface area contributed by atoms with Gasteiger partial charge in [0, 0.05) is 21.8 Å².